The number of halogens is 2. The number of para-hydroxylation sites is 1. The SMILES string of the molecule is O=C(c1ccc(COc2ccc(Cl)cc2Cl)cc1)N1CCN(c2ccccc2)CC1. The highest BCUT2D eigenvalue weighted by Gasteiger charge is 2.22. The Kier molecular flexibility index (Phi) is 6.46. The second kappa shape index (κ2) is 9.41. The van der Waals surface area contributed by atoms with E-state index < -0.39 is 0 Å². The molecule has 0 N–H and O–H groups in total. The summed E-state index contributed by atoms with van der Waals surface area (Å²) in [6.07, 6.45) is 0. The van der Waals surface area contributed by atoms with Crippen LogP contribution in [0.3, 0.4) is 0 Å². The van der Waals surface area contributed by atoms with Gasteiger partial charge in [-0.25, -0.2) is 0 Å². The van der Waals surface area contributed by atoms with Gasteiger partial charge in [0.2, 0.25) is 0 Å². The van der Waals surface area contributed by atoms with Gasteiger partial charge in [0, 0.05) is 42.5 Å². The standard InChI is InChI=1S/C24H22Cl2N2O2/c25-20-10-11-23(22(26)16-20)30-17-18-6-8-19(9-7-18)24(29)28-14-12-27(13-15-28)21-4-2-1-3-5-21/h1-11,16H,12-15,17H2. The minimum atomic E-state index is 0.0657. The number of carbonyl (C=O) groups excluding carboxylic acids is 1. The summed E-state index contributed by atoms with van der Waals surface area (Å²) in [6, 6.07) is 23.0. The molecule has 1 amide bonds. The Hall–Kier alpha value is -2.69. The predicted octanol–water partition coefficient (Wildman–Crippen LogP) is 5.53. The molecule has 6 heteroatoms. The maximum absolute atomic E-state index is 12.9. The Morgan fingerprint density at radius 2 is 1.57 bits per heavy atom. The molecule has 4 rings (SSSR count). The van der Waals surface area contributed by atoms with Gasteiger partial charge in [-0.05, 0) is 48.0 Å². The van der Waals surface area contributed by atoms with E-state index in [-0.39, 0.29) is 5.91 Å². The summed E-state index contributed by atoms with van der Waals surface area (Å²) < 4.78 is 5.76. The van der Waals surface area contributed by atoms with Gasteiger partial charge in [-0.1, -0.05) is 53.5 Å². The molecule has 1 aliphatic rings. The van der Waals surface area contributed by atoms with Crippen LogP contribution in [-0.4, -0.2) is 37.0 Å². The number of benzene rings is 3. The number of anilines is 1. The summed E-state index contributed by atoms with van der Waals surface area (Å²) in [4.78, 5) is 17.1. The van der Waals surface area contributed by atoms with Crippen LogP contribution < -0.4 is 9.64 Å². The van der Waals surface area contributed by atoms with Crippen molar-refractivity contribution in [3.63, 3.8) is 0 Å². The van der Waals surface area contributed by atoms with Gasteiger partial charge >= 0.3 is 0 Å². The third-order valence-electron chi connectivity index (χ3n) is 5.18. The summed E-state index contributed by atoms with van der Waals surface area (Å²) in [5.41, 5.74) is 2.86. The maximum atomic E-state index is 12.9. The second-order valence-corrected chi connectivity index (χ2v) is 8.02. The van der Waals surface area contributed by atoms with Crippen molar-refractivity contribution in [3.05, 3.63) is 94.0 Å². The van der Waals surface area contributed by atoms with Gasteiger partial charge in [0.1, 0.15) is 12.4 Å². The number of ether oxygens (including phenoxy) is 1. The Bertz CT molecular complexity index is 1000. The number of rotatable bonds is 5. The van der Waals surface area contributed by atoms with E-state index in [1.807, 2.05) is 47.4 Å². The van der Waals surface area contributed by atoms with Gasteiger partial charge in [-0.2, -0.15) is 0 Å². The van der Waals surface area contributed by atoms with E-state index in [1.54, 1.807) is 18.2 Å². The third kappa shape index (κ3) is 4.89. The molecule has 1 aliphatic heterocycles. The molecule has 1 fully saturated rings. The number of amides is 1. The molecular weight excluding hydrogens is 419 g/mol. The molecule has 0 spiro atoms. The van der Waals surface area contributed by atoms with Crippen molar-refractivity contribution in [2.75, 3.05) is 31.1 Å². The fourth-order valence-electron chi connectivity index (χ4n) is 3.49. The summed E-state index contributed by atoms with van der Waals surface area (Å²) in [6.45, 7) is 3.47. The van der Waals surface area contributed by atoms with E-state index in [9.17, 15) is 4.79 Å². The summed E-state index contributed by atoms with van der Waals surface area (Å²) >= 11 is 12.0. The van der Waals surface area contributed by atoms with Crippen LogP contribution in [0.5, 0.6) is 5.75 Å². The lowest BCUT2D eigenvalue weighted by atomic mass is 10.1. The van der Waals surface area contributed by atoms with Gasteiger partial charge in [0.15, 0.2) is 0 Å². The summed E-state index contributed by atoms with van der Waals surface area (Å²) in [5.74, 6) is 0.647. The first-order valence-corrected chi connectivity index (χ1v) is 10.6. The third-order valence-corrected chi connectivity index (χ3v) is 5.71. The zero-order valence-corrected chi connectivity index (χ0v) is 17.9. The van der Waals surface area contributed by atoms with Crippen molar-refractivity contribution >= 4 is 34.8 Å². The van der Waals surface area contributed by atoms with Crippen molar-refractivity contribution in [1.29, 1.82) is 0 Å². The number of nitrogens with zero attached hydrogens (tertiary/aromatic N) is 2. The van der Waals surface area contributed by atoms with E-state index in [0.717, 1.165) is 18.7 Å². The van der Waals surface area contributed by atoms with Gasteiger partial charge in [-0.15, -0.1) is 0 Å². The van der Waals surface area contributed by atoms with Crippen molar-refractivity contribution in [3.8, 4) is 5.75 Å². The Morgan fingerprint density at radius 1 is 0.867 bits per heavy atom. The van der Waals surface area contributed by atoms with Gasteiger partial charge < -0.3 is 14.5 Å². The average molecular weight is 441 g/mol. The van der Waals surface area contributed by atoms with Crippen molar-refractivity contribution in [2.45, 2.75) is 6.61 Å². The van der Waals surface area contributed by atoms with Crippen LogP contribution in [0.2, 0.25) is 10.0 Å². The molecule has 4 nitrogen and oxygen atoms in total. The van der Waals surface area contributed by atoms with E-state index in [2.05, 4.69) is 17.0 Å². The molecule has 0 bridgehead atoms. The van der Waals surface area contributed by atoms with Crippen LogP contribution in [0, 0.1) is 0 Å². The van der Waals surface area contributed by atoms with E-state index in [0.29, 0.717) is 41.1 Å². The molecule has 0 atom stereocenters. The molecule has 1 heterocycles. The maximum Gasteiger partial charge on any atom is 0.253 e. The van der Waals surface area contributed by atoms with Crippen molar-refractivity contribution in [1.82, 2.24) is 4.90 Å². The normalized spacial score (nSPS) is 13.9. The van der Waals surface area contributed by atoms with Crippen LogP contribution in [0.1, 0.15) is 15.9 Å². The highest BCUT2D eigenvalue weighted by Crippen LogP contribution is 2.28. The Labute approximate surface area is 186 Å². The molecule has 30 heavy (non-hydrogen) atoms. The first-order valence-electron chi connectivity index (χ1n) is 9.86. The number of carbonyl (C=O) groups is 1. The molecular formula is C24H22Cl2N2O2. The molecule has 0 radical (unpaired) electrons. The summed E-state index contributed by atoms with van der Waals surface area (Å²) in [5, 5.41) is 1.05. The lowest BCUT2D eigenvalue weighted by Gasteiger charge is -2.36. The lowest BCUT2D eigenvalue weighted by Crippen LogP contribution is -2.48. The second-order valence-electron chi connectivity index (χ2n) is 7.18. The molecule has 154 valence electrons. The first-order chi connectivity index (χ1) is 14.6. The van der Waals surface area contributed by atoms with Crippen LogP contribution in [0.4, 0.5) is 5.69 Å². The van der Waals surface area contributed by atoms with Crippen molar-refractivity contribution < 1.29 is 9.53 Å². The Morgan fingerprint density at radius 3 is 2.23 bits per heavy atom. The first kappa shape index (κ1) is 20.6. The number of piperazine rings is 1. The van der Waals surface area contributed by atoms with Crippen LogP contribution in [0.15, 0.2) is 72.8 Å². The summed E-state index contributed by atoms with van der Waals surface area (Å²) in [7, 11) is 0. The van der Waals surface area contributed by atoms with Crippen LogP contribution in [-0.2, 0) is 6.61 Å². The van der Waals surface area contributed by atoms with Gasteiger partial charge in [0.05, 0.1) is 5.02 Å². The molecule has 1 saturated heterocycles. The zero-order chi connectivity index (χ0) is 20.9. The van der Waals surface area contributed by atoms with Crippen molar-refractivity contribution in [2.24, 2.45) is 0 Å². The molecule has 0 aromatic heterocycles. The van der Waals surface area contributed by atoms with E-state index in [1.165, 1.54) is 5.69 Å². The smallest absolute Gasteiger partial charge is 0.253 e. The van der Waals surface area contributed by atoms with E-state index >= 15 is 0 Å². The fraction of sp³-hybridized carbons (Fsp3) is 0.208. The van der Waals surface area contributed by atoms with Crippen LogP contribution >= 0.6 is 23.2 Å². The monoisotopic (exact) mass is 440 g/mol. The predicted molar refractivity (Wildman–Crippen MR) is 122 cm³/mol. The highest BCUT2D eigenvalue weighted by molar-refractivity contribution is 6.35. The molecule has 0 unspecified atom stereocenters. The topological polar surface area (TPSA) is 32.8 Å². The molecule has 0 saturated carbocycles. The minimum Gasteiger partial charge on any atom is -0.487 e. The van der Waals surface area contributed by atoms with Gasteiger partial charge in [0.25, 0.3) is 5.91 Å². The number of hydrogen-bond donors (Lipinski definition) is 0. The lowest BCUT2D eigenvalue weighted by molar-refractivity contribution is 0.0746. The fourth-order valence-corrected chi connectivity index (χ4v) is 3.95. The van der Waals surface area contributed by atoms with E-state index in [4.69, 9.17) is 27.9 Å². The highest BCUT2D eigenvalue weighted by atomic mass is 35.5. The zero-order valence-electron chi connectivity index (χ0n) is 16.4. The van der Waals surface area contributed by atoms with Crippen LogP contribution in [0.25, 0.3) is 0 Å². The quantitative estimate of drug-likeness (QED) is 0.522. The minimum absolute atomic E-state index is 0.0657. The molecule has 0 aliphatic carbocycles. The average Bonchev–Trinajstić information content (AvgIpc) is 2.79. The largest absolute Gasteiger partial charge is 0.487 e. The molecule has 3 aromatic carbocycles. The van der Waals surface area contributed by atoms with Gasteiger partial charge in [-0.3, -0.25) is 4.79 Å². The Balaban J connectivity index is 1.32. The number of hydrogen-bond acceptors (Lipinski definition) is 3. The molecule has 3 aromatic rings.